The number of hydrogen-bond donors (Lipinski definition) is 2. The van der Waals surface area contributed by atoms with Crippen LogP contribution in [0, 0.1) is 6.92 Å². The molecular formula is C17H19N3O2. The SMILES string of the molecule is Cc1c(N)c(=O)n(-c2ccccc2)n1C.Oc1ccccc1. The van der Waals surface area contributed by atoms with Crippen LogP contribution in [-0.4, -0.2) is 14.5 Å². The number of nitrogens with two attached hydrogens (primary N) is 1. The first-order chi connectivity index (χ1) is 10.5. The topological polar surface area (TPSA) is 73.2 Å². The number of aromatic nitrogens is 2. The molecule has 0 amide bonds. The zero-order chi connectivity index (χ0) is 16.1. The molecule has 0 bridgehead atoms. The molecule has 114 valence electrons. The van der Waals surface area contributed by atoms with Crippen molar-refractivity contribution in [3.05, 3.63) is 76.7 Å². The molecule has 0 unspecified atom stereocenters. The number of aromatic hydroxyl groups is 1. The van der Waals surface area contributed by atoms with E-state index in [1.54, 1.807) is 33.6 Å². The maximum absolute atomic E-state index is 11.8. The average Bonchev–Trinajstić information content (AvgIpc) is 2.73. The molecule has 5 nitrogen and oxygen atoms in total. The number of nitrogen functional groups attached to an aromatic ring is 1. The van der Waals surface area contributed by atoms with Crippen molar-refractivity contribution in [3.8, 4) is 11.4 Å². The molecule has 0 spiro atoms. The highest BCUT2D eigenvalue weighted by molar-refractivity contribution is 5.44. The Morgan fingerprint density at radius 3 is 1.82 bits per heavy atom. The lowest BCUT2D eigenvalue weighted by atomic mass is 10.3. The third-order valence-corrected chi connectivity index (χ3v) is 3.35. The van der Waals surface area contributed by atoms with Crippen LogP contribution in [-0.2, 0) is 7.05 Å². The quantitative estimate of drug-likeness (QED) is 0.724. The standard InChI is InChI=1S/C11H13N3O.C6H6O/c1-8-10(12)11(15)14(13(8)2)9-6-4-3-5-7-9;7-6-4-2-1-3-5-6/h3-7H,12H2,1-2H3;1-5,7H. The molecule has 0 fully saturated rings. The third kappa shape index (κ3) is 3.20. The summed E-state index contributed by atoms with van der Waals surface area (Å²) in [5.74, 6) is 0.322. The Balaban J connectivity index is 0.000000211. The number of phenolic OH excluding ortho intramolecular Hbond substituents is 1. The van der Waals surface area contributed by atoms with Crippen molar-refractivity contribution in [2.24, 2.45) is 7.05 Å². The van der Waals surface area contributed by atoms with Gasteiger partial charge in [-0.15, -0.1) is 0 Å². The van der Waals surface area contributed by atoms with Gasteiger partial charge in [0.25, 0.3) is 5.56 Å². The second-order valence-electron chi connectivity index (χ2n) is 4.81. The van der Waals surface area contributed by atoms with Crippen molar-refractivity contribution in [1.82, 2.24) is 9.36 Å². The Hall–Kier alpha value is -2.95. The fraction of sp³-hybridized carbons (Fsp3) is 0.118. The molecule has 3 aromatic rings. The molecule has 0 aliphatic heterocycles. The summed E-state index contributed by atoms with van der Waals surface area (Å²) < 4.78 is 3.32. The van der Waals surface area contributed by atoms with Crippen molar-refractivity contribution in [1.29, 1.82) is 0 Å². The molecular weight excluding hydrogens is 278 g/mol. The summed E-state index contributed by atoms with van der Waals surface area (Å²) in [4.78, 5) is 11.8. The van der Waals surface area contributed by atoms with Gasteiger partial charge in [0.05, 0.1) is 11.4 Å². The van der Waals surface area contributed by atoms with Gasteiger partial charge in [0.1, 0.15) is 11.4 Å². The number of hydrogen-bond acceptors (Lipinski definition) is 3. The number of nitrogens with zero attached hydrogens (tertiary/aromatic N) is 2. The summed E-state index contributed by atoms with van der Waals surface area (Å²) in [6, 6.07) is 18.2. The predicted octanol–water partition coefficient (Wildman–Crippen LogP) is 2.46. The van der Waals surface area contributed by atoms with Gasteiger partial charge in [0.2, 0.25) is 0 Å². The van der Waals surface area contributed by atoms with Gasteiger partial charge in [-0.25, -0.2) is 4.68 Å². The van der Waals surface area contributed by atoms with E-state index in [2.05, 4.69) is 0 Å². The van der Waals surface area contributed by atoms with Crippen molar-refractivity contribution in [2.75, 3.05) is 5.73 Å². The molecule has 0 aliphatic carbocycles. The Labute approximate surface area is 128 Å². The highest BCUT2D eigenvalue weighted by Crippen LogP contribution is 2.10. The highest BCUT2D eigenvalue weighted by Gasteiger charge is 2.12. The van der Waals surface area contributed by atoms with Crippen molar-refractivity contribution >= 4 is 5.69 Å². The van der Waals surface area contributed by atoms with E-state index in [9.17, 15) is 4.79 Å². The van der Waals surface area contributed by atoms with Crippen LogP contribution in [0.1, 0.15) is 5.69 Å². The average molecular weight is 297 g/mol. The van der Waals surface area contributed by atoms with Gasteiger partial charge in [-0.2, -0.15) is 0 Å². The maximum Gasteiger partial charge on any atom is 0.294 e. The minimum absolute atomic E-state index is 0.166. The zero-order valence-corrected chi connectivity index (χ0v) is 12.6. The smallest absolute Gasteiger partial charge is 0.294 e. The Kier molecular flexibility index (Phi) is 4.68. The lowest BCUT2D eigenvalue weighted by Crippen LogP contribution is -2.20. The van der Waals surface area contributed by atoms with E-state index in [0.29, 0.717) is 11.4 Å². The van der Waals surface area contributed by atoms with E-state index in [1.807, 2.05) is 50.4 Å². The first-order valence-corrected chi connectivity index (χ1v) is 6.86. The van der Waals surface area contributed by atoms with E-state index < -0.39 is 0 Å². The molecule has 0 saturated heterocycles. The summed E-state index contributed by atoms with van der Waals surface area (Å²) in [5, 5.41) is 8.63. The lowest BCUT2D eigenvalue weighted by Gasteiger charge is -2.07. The minimum Gasteiger partial charge on any atom is -0.508 e. The monoisotopic (exact) mass is 297 g/mol. The Morgan fingerprint density at radius 1 is 0.955 bits per heavy atom. The number of anilines is 1. The molecule has 2 aromatic carbocycles. The molecule has 1 aromatic heterocycles. The number of phenols is 1. The third-order valence-electron chi connectivity index (χ3n) is 3.35. The van der Waals surface area contributed by atoms with Gasteiger partial charge in [0, 0.05) is 7.05 Å². The van der Waals surface area contributed by atoms with Crippen LogP contribution in [0.5, 0.6) is 5.75 Å². The second kappa shape index (κ2) is 6.67. The van der Waals surface area contributed by atoms with E-state index in [0.717, 1.165) is 11.4 Å². The van der Waals surface area contributed by atoms with Crippen LogP contribution in [0.3, 0.4) is 0 Å². The largest absolute Gasteiger partial charge is 0.508 e. The van der Waals surface area contributed by atoms with Gasteiger partial charge in [0.15, 0.2) is 0 Å². The van der Waals surface area contributed by atoms with Gasteiger partial charge in [-0.05, 0) is 31.2 Å². The lowest BCUT2D eigenvalue weighted by molar-refractivity contribution is 0.475. The van der Waals surface area contributed by atoms with E-state index in [-0.39, 0.29) is 5.56 Å². The summed E-state index contributed by atoms with van der Waals surface area (Å²) in [5.41, 5.74) is 7.43. The van der Waals surface area contributed by atoms with E-state index >= 15 is 0 Å². The van der Waals surface area contributed by atoms with Gasteiger partial charge < -0.3 is 10.8 Å². The van der Waals surface area contributed by atoms with Crippen LogP contribution < -0.4 is 11.3 Å². The normalized spacial score (nSPS) is 9.91. The molecule has 0 saturated carbocycles. The van der Waals surface area contributed by atoms with Crippen molar-refractivity contribution in [3.63, 3.8) is 0 Å². The summed E-state index contributed by atoms with van der Waals surface area (Å²) in [7, 11) is 1.82. The van der Waals surface area contributed by atoms with Gasteiger partial charge in [-0.1, -0.05) is 36.4 Å². The first kappa shape index (κ1) is 15.4. The van der Waals surface area contributed by atoms with E-state index in [4.69, 9.17) is 10.8 Å². The summed E-state index contributed by atoms with van der Waals surface area (Å²) in [6.45, 7) is 1.83. The molecule has 5 heteroatoms. The van der Waals surface area contributed by atoms with Crippen LogP contribution in [0.2, 0.25) is 0 Å². The van der Waals surface area contributed by atoms with Crippen molar-refractivity contribution in [2.45, 2.75) is 6.92 Å². The van der Waals surface area contributed by atoms with Gasteiger partial charge in [-0.3, -0.25) is 9.48 Å². The van der Waals surface area contributed by atoms with Crippen molar-refractivity contribution < 1.29 is 5.11 Å². The molecule has 1 heterocycles. The second-order valence-corrected chi connectivity index (χ2v) is 4.81. The minimum atomic E-state index is -0.166. The summed E-state index contributed by atoms with van der Waals surface area (Å²) >= 11 is 0. The molecule has 3 N–H and O–H groups in total. The molecule has 3 rings (SSSR count). The highest BCUT2D eigenvalue weighted by atomic mass is 16.3. The van der Waals surface area contributed by atoms with Crippen LogP contribution >= 0.6 is 0 Å². The first-order valence-electron chi connectivity index (χ1n) is 6.86. The Morgan fingerprint density at radius 2 is 1.45 bits per heavy atom. The van der Waals surface area contributed by atoms with Crippen LogP contribution in [0.25, 0.3) is 5.69 Å². The maximum atomic E-state index is 11.8. The molecule has 0 radical (unpaired) electrons. The van der Waals surface area contributed by atoms with Crippen LogP contribution in [0.4, 0.5) is 5.69 Å². The fourth-order valence-corrected chi connectivity index (χ4v) is 2.02. The Bertz CT molecular complexity index is 790. The molecule has 0 atom stereocenters. The number of para-hydroxylation sites is 2. The van der Waals surface area contributed by atoms with E-state index in [1.165, 1.54) is 0 Å². The fourth-order valence-electron chi connectivity index (χ4n) is 2.02. The summed E-state index contributed by atoms with van der Waals surface area (Å²) in [6.07, 6.45) is 0. The molecule has 22 heavy (non-hydrogen) atoms. The van der Waals surface area contributed by atoms with Gasteiger partial charge >= 0.3 is 0 Å². The zero-order valence-electron chi connectivity index (χ0n) is 12.6. The van der Waals surface area contributed by atoms with Crippen LogP contribution in [0.15, 0.2) is 65.5 Å². The number of rotatable bonds is 1. The number of benzene rings is 2. The predicted molar refractivity (Wildman–Crippen MR) is 88.3 cm³/mol. The molecule has 0 aliphatic rings.